The zero-order valence-electron chi connectivity index (χ0n) is 15.8. The summed E-state index contributed by atoms with van der Waals surface area (Å²) in [6.45, 7) is 11.4. The van der Waals surface area contributed by atoms with Crippen molar-refractivity contribution < 1.29 is 14.2 Å². The third-order valence-corrected chi connectivity index (χ3v) is 4.54. The van der Waals surface area contributed by atoms with Crippen molar-refractivity contribution in [1.29, 1.82) is 0 Å². The Labute approximate surface area is 150 Å². The van der Waals surface area contributed by atoms with Crippen LogP contribution in [-0.2, 0) is 6.42 Å². The second-order valence-corrected chi connectivity index (χ2v) is 7.50. The van der Waals surface area contributed by atoms with Crippen molar-refractivity contribution in [2.45, 2.75) is 59.0 Å². The fraction of sp³-hybridized carbons (Fsp3) is 0.455. The SMILES string of the molecule is C=C/C=C(/F)C1=C(Cc2c(C)cc(OCC(C)(C)O)cc2C)CCC1. The highest BCUT2D eigenvalue weighted by Gasteiger charge is 2.20. The van der Waals surface area contributed by atoms with Gasteiger partial charge in [-0.2, -0.15) is 0 Å². The maximum atomic E-state index is 14.2. The van der Waals surface area contributed by atoms with Crippen molar-refractivity contribution in [3.05, 3.63) is 64.5 Å². The molecule has 1 aliphatic rings. The quantitative estimate of drug-likeness (QED) is 0.660. The predicted octanol–water partition coefficient (Wildman–Crippen LogP) is 5.52. The van der Waals surface area contributed by atoms with E-state index in [1.54, 1.807) is 13.8 Å². The van der Waals surface area contributed by atoms with Crippen LogP contribution in [0.1, 0.15) is 49.8 Å². The van der Waals surface area contributed by atoms with Crippen LogP contribution in [0.3, 0.4) is 0 Å². The second-order valence-electron chi connectivity index (χ2n) is 7.50. The van der Waals surface area contributed by atoms with E-state index in [-0.39, 0.29) is 12.4 Å². The summed E-state index contributed by atoms with van der Waals surface area (Å²) in [4.78, 5) is 0. The van der Waals surface area contributed by atoms with Crippen LogP contribution in [0.2, 0.25) is 0 Å². The van der Waals surface area contributed by atoms with Crippen LogP contribution in [0.4, 0.5) is 4.39 Å². The predicted molar refractivity (Wildman–Crippen MR) is 102 cm³/mol. The zero-order chi connectivity index (χ0) is 18.6. The number of hydrogen-bond acceptors (Lipinski definition) is 2. The van der Waals surface area contributed by atoms with E-state index in [9.17, 15) is 9.50 Å². The van der Waals surface area contributed by atoms with Crippen molar-refractivity contribution in [2.75, 3.05) is 6.61 Å². The lowest BCUT2D eigenvalue weighted by Gasteiger charge is -2.20. The number of allylic oxidation sites excluding steroid dienone is 5. The van der Waals surface area contributed by atoms with Crippen LogP contribution in [-0.4, -0.2) is 17.3 Å². The van der Waals surface area contributed by atoms with Crippen molar-refractivity contribution in [1.82, 2.24) is 0 Å². The molecule has 0 spiro atoms. The largest absolute Gasteiger partial charge is 0.491 e. The molecule has 1 aromatic rings. The van der Waals surface area contributed by atoms with Crippen molar-refractivity contribution in [3.8, 4) is 5.75 Å². The van der Waals surface area contributed by atoms with Crippen LogP contribution in [0.15, 0.2) is 47.8 Å². The second kappa shape index (κ2) is 8.01. The Bertz CT molecular complexity index is 682. The molecule has 0 fully saturated rings. The number of halogens is 1. The first-order valence-corrected chi connectivity index (χ1v) is 8.86. The first-order chi connectivity index (χ1) is 11.7. The molecule has 0 saturated heterocycles. The average Bonchev–Trinajstić information content (AvgIpc) is 2.97. The van der Waals surface area contributed by atoms with Gasteiger partial charge in [0.25, 0.3) is 0 Å². The molecule has 0 radical (unpaired) electrons. The molecule has 136 valence electrons. The molecular formula is C22H29FO2. The fourth-order valence-corrected chi connectivity index (χ4v) is 3.28. The lowest BCUT2D eigenvalue weighted by Crippen LogP contribution is -2.27. The molecule has 0 unspecified atom stereocenters. The van der Waals surface area contributed by atoms with E-state index < -0.39 is 5.60 Å². The molecule has 1 aromatic carbocycles. The third-order valence-electron chi connectivity index (χ3n) is 4.54. The Hall–Kier alpha value is -1.87. The minimum atomic E-state index is -0.862. The molecule has 0 amide bonds. The fourth-order valence-electron chi connectivity index (χ4n) is 3.28. The van der Waals surface area contributed by atoms with E-state index in [1.807, 2.05) is 12.1 Å². The van der Waals surface area contributed by atoms with Gasteiger partial charge in [0.15, 0.2) is 0 Å². The van der Waals surface area contributed by atoms with Gasteiger partial charge in [0.05, 0.1) is 5.60 Å². The monoisotopic (exact) mass is 344 g/mol. The first-order valence-electron chi connectivity index (χ1n) is 8.86. The minimum Gasteiger partial charge on any atom is -0.491 e. The molecule has 1 aliphatic carbocycles. The summed E-state index contributed by atoms with van der Waals surface area (Å²) in [6, 6.07) is 4.00. The maximum Gasteiger partial charge on any atom is 0.126 e. The van der Waals surface area contributed by atoms with Crippen molar-refractivity contribution >= 4 is 0 Å². The molecule has 0 aliphatic heterocycles. The molecule has 1 N–H and O–H groups in total. The van der Waals surface area contributed by atoms with Crippen LogP contribution in [0, 0.1) is 13.8 Å². The number of aryl methyl sites for hydroxylation is 2. The summed E-state index contributed by atoms with van der Waals surface area (Å²) in [5.41, 5.74) is 4.68. The lowest BCUT2D eigenvalue weighted by molar-refractivity contribution is 0.0284. The molecule has 3 heteroatoms. The normalized spacial score (nSPS) is 15.7. The van der Waals surface area contributed by atoms with Gasteiger partial charge in [-0.25, -0.2) is 4.39 Å². The molecule has 0 heterocycles. The van der Waals surface area contributed by atoms with Gasteiger partial charge in [-0.1, -0.05) is 18.2 Å². The summed E-state index contributed by atoms with van der Waals surface area (Å²) in [7, 11) is 0. The summed E-state index contributed by atoms with van der Waals surface area (Å²) in [5.74, 6) is 0.613. The van der Waals surface area contributed by atoms with E-state index >= 15 is 0 Å². The molecule has 0 atom stereocenters. The summed E-state index contributed by atoms with van der Waals surface area (Å²) < 4.78 is 19.9. The Kier molecular flexibility index (Phi) is 6.23. The van der Waals surface area contributed by atoms with Crippen molar-refractivity contribution in [2.24, 2.45) is 0 Å². The van der Waals surface area contributed by atoms with Crippen LogP contribution >= 0.6 is 0 Å². The molecule has 0 bridgehead atoms. The van der Waals surface area contributed by atoms with Crippen LogP contribution in [0.25, 0.3) is 0 Å². The molecule has 0 aromatic heterocycles. The van der Waals surface area contributed by atoms with E-state index in [2.05, 4.69) is 20.4 Å². The molecule has 2 nitrogen and oxygen atoms in total. The van der Waals surface area contributed by atoms with E-state index in [4.69, 9.17) is 4.74 Å². The Morgan fingerprint density at radius 2 is 1.92 bits per heavy atom. The third kappa shape index (κ3) is 5.30. The van der Waals surface area contributed by atoms with E-state index in [0.717, 1.165) is 48.1 Å². The van der Waals surface area contributed by atoms with Crippen LogP contribution < -0.4 is 4.74 Å². The van der Waals surface area contributed by atoms with Gasteiger partial charge in [0, 0.05) is 0 Å². The summed E-state index contributed by atoms with van der Waals surface area (Å²) >= 11 is 0. The maximum absolute atomic E-state index is 14.2. The highest BCUT2D eigenvalue weighted by molar-refractivity contribution is 5.46. The topological polar surface area (TPSA) is 29.5 Å². The molecule has 25 heavy (non-hydrogen) atoms. The standard InChI is InChI=1S/C22H29FO2/c1-6-8-21(23)19-10-7-9-17(19)13-20-15(2)11-18(12-16(20)3)25-14-22(4,5)24/h6,8,11-12,24H,1,7,9-10,13-14H2,2-5H3/b21-8+. The zero-order valence-corrected chi connectivity index (χ0v) is 15.8. The van der Waals surface area contributed by atoms with Gasteiger partial charge in [-0.3, -0.25) is 0 Å². The Morgan fingerprint density at radius 1 is 1.28 bits per heavy atom. The Balaban J connectivity index is 2.24. The van der Waals surface area contributed by atoms with E-state index in [1.165, 1.54) is 23.3 Å². The van der Waals surface area contributed by atoms with E-state index in [0.29, 0.717) is 0 Å². The number of ether oxygens (including phenoxy) is 1. The van der Waals surface area contributed by atoms with Crippen LogP contribution in [0.5, 0.6) is 5.75 Å². The lowest BCUT2D eigenvalue weighted by atomic mass is 9.93. The summed E-state index contributed by atoms with van der Waals surface area (Å²) in [6.07, 6.45) is 6.49. The Morgan fingerprint density at radius 3 is 2.48 bits per heavy atom. The van der Waals surface area contributed by atoms with Gasteiger partial charge in [-0.15, -0.1) is 0 Å². The number of rotatable bonds is 7. The van der Waals surface area contributed by atoms with Crippen molar-refractivity contribution in [3.63, 3.8) is 0 Å². The smallest absolute Gasteiger partial charge is 0.126 e. The molecular weight excluding hydrogens is 315 g/mol. The van der Waals surface area contributed by atoms with Gasteiger partial charge in [0.2, 0.25) is 0 Å². The number of benzene rings is 1. The van der Waals surface area contributed by atoms with Gasteiger partial charge < -0.3 is 9.84 Å². The summed E-state index contributed by atoms with van der Waals surface area (Å²) in [5, 5.41) is 9.81. The minimum absolute atomic E-state index is 0.150. The van der Waals surface area contributed by atoms with Gasteiger partial charge in [-0.05, 0) is 93.9 Å². The van der Waals surface area contributed by atoms with Gasteiger partial charge in [0.1, 0.15) is 18.2 Å². The average molecular weight is 344 g/mol. The van der Waals surface area contributed by atoms with Gasteiger partial charge >= 0.3 is 0 Å². The molecule has 2 rings (SSSR count). The number of aliphatic hydroxyl groups is 1. The number of hydrogen-bond donors (Lipinski definition) is 1. The first kappa shape index (κ1) is 19.5. The highest BCUT2D eigenvalue weighted by Crippen LogP contribution is 2.35. The molecule has 0 saturated carbocycles. The highest BCUT2D eigenvalue weighted by atomic mass is 19.1.